The van der Waals surface area contributed by atoms with E-state index in [0.717, 1.165) is 30.4 Å². The Morgan fingerprint density at radius 3 is 2.59 bits per heavy atom. The summed E-state index contributed by atoms with van der Waals surface area (Å²) in [7, 11) is 1.65. The van der Waals surface area contributed by atoms with Crippen LogP contribution >= 0.6 is 11.6 Å². The van der Waals surface area contributed by atoms with E-state index in [1.165, 1.54) is 12.8 Å². The van der Waals surface area contributed by atoms with Gasteiger partial charge in [0, 0.05) is 24.8 Å². The third kappa shape index (κ3) is 2.60. The van der Waals surface area contributed by atoms with Crippen LogP contribution in [0.2, 0.25) is 5.02 Å². The van der Waals surface area contributed by atoms with E-state index in [1.807, 2.05) is 6.07 Å². The van der Waals surface area contributed by atoms with Crippen molar-refractivity contribution in [1.82, 2.24) is 0 Å². The van der Waals surface area contributed by atoms with Crippen molar-refractivity contribution in [3.63, 3.8) is 0 Å². The minimum absolute atomic E-state index is 0.640. The SMILES string of the molecule is COc1cc(N)cc(Cl)c1N1CCC(C)CC1. The standard InChI is InChI=1S/C13H19ClN2O/c1-9-3-5-16(6-4-9)13-11(14)7-10(15)8-12(13)17-2/h7-9H,3-6,15H2,1-2H3. The molecule has 0 bridgehead atoms. The summed E-state index contributed by atoms with van der Waals surface area (Å²) in [6, 6.07) is 3.62. The van der Waals surface area contributed by atoms with Gasteiger partial charge in [-0.25, -0.2) is 0 Å². The zero-order valence-electron chi connectivity index (χ0n) is 10.4. The molecule has 1 heterocycles. The summed E-state index contributed by atoms with van der Waals surface area (Å²) in [4.78, 5) is 2.29. The van der Waals surface area contributed by atoms with Gasteiger partial charge in [0.05, 0.1) is 17.8 Å². The van der Waals surface area contributed by atoms with Crippen LogP contribution in [0.25, 0.3) is 0 Å². The van der Waals surface area contributed by atoms with Crippen molar-refractivity contribution in [1.29, 1.82) is 0 Å². The zero-order valence-corrected chi connectivity index (χ0v) is 11.1. The molecule has 1 fully saturated rings. The average molecular weight is 255 g/mol. The Balaban J connectivity index is 2.31. The molecule has 4 heteroatoms. The topological polar surface area (TPSA) is 38.5 Å². The fraction of sp³-hybridized carbons (Fsp3) is 0.538. The van der Waals surface area contributed by atoms with E-state index in [1.54, 1.807) is 13.2 Å². The number of nitrogens with zero attached hydrogens (tertiary/aromatic N) is 1. The second kappa shape index (κ2) is 5.05. The molecular formula is C13H19ClN2O. The minimum atomic E-state index is 0.640. The maximum atomic E-state index is 6.28. The number of halogens is 1. The smallest absolute Gasteiger partial charge is 0.145 e. The normalized spacial score (nSPS) is 17.2. The quantitative estimate of drug-likeness (QED) is 0.824. The Labute approximate surface area is 107 Å². The Kier molecular flexibility index (Phi) is 3.67. The lowest BCUT2D eigenvalue weighted by molar-refractivity contribution is 0.404. The Hall–Kier alpha value is -1.09. The molecule has 0 aromatic heterocycles. The number of rotatable bonds is 2. The molecule has 2 rings (SSSR count). The number of nitrogens with two attached hydrogens (primary N) is 1. The highest BCUT2D eigenvalue weighted by molar-refractivity contribution is 6.34. The van der Waals surface area contributed by atoms with Gasteiger partial charge < -0.3 is 15.4 Å². The molecule has 2 N–H and O–H groups in total. The lowest BCUT2D eigenvalue weighted by atomic mass is 9.98. The minimum Gasteiger partial charge on any atom is -0.494 e. The zero-order chi connectivity index (χ0) is 12.4. The van der Waals surface area contributed by atoms with Crippen LogP contribution in [0, 0.1) is 5.92 Å². The molecule has 3 nitrogen and oxygen atoms in total. The highest BCUT2D eigenvalue weighted by Gasteiger charge is 2.21. The Bertz CT molecular complexity index is 401. The fourth-order valence-electron chi connectivity index (χ4n) is 2.29. The number of hydrogen-bond acceptors (Lipinski definition) is 3. The lowest BCUT2D eigenvalue weighted by Crippen LogP contribution is -2.33. The summed E-state index contributed by atoms with van der Waals surface area (Å²) in [6.07, 6.45) is 2.40. The first-order chi connectivity index (χ1) is 8.11. The van der Waals surface area contributed by atoms with Crippen molar-refractivity contribution in [2.45, 2.75) is 19.8 Å². The summed E-state index contributed by atoms with van der Waals surface area (Å²) in [5, 5.41) is 0.677. The van der Waals surface area contributed by atoms with Crippen LogP contribution in [0.3, 0.4) is 0 Å². The van der Waals surface area contributed by atoms with Gasteiger partial charge in [-0.2, -0.15) is 0 Å². The molecule has 1 aliphatic rings. The predicted octanol–water partition coefficient (Wildman–Crippen LogP) is 3.17. The van der Waals surface area contributed by atoms with Crippen LogP contribution in [-0.2, 0) is 0 Å². The molecule has 0 amide bonds. The van der Waals surface area contributed by atoms with Crippen LogP contribution in [0.1, 0.15) is 19.8 Å². The Morgan fingerprint density at radius 1 is 1.35 bits per heavy atom. The van der Waals surface area contributed by atoms with E-state index in [2.05, 4.69) is 11.8 Å². The van der Waals surface area contributed by atoms with Crippen molar-refractivity contribution in [3.05, 3.63) is 17.2 Å². The Morgan fingerprint density at radius 2 is 2.00 bits per heavy atom. The number of piperidine rings is 1. The van der Waals surface area contributed by atoms with E-state index in [0.29, 0.717) is 10.7 Å². The molecule has 0 unspecified atom stereocenters. The molecule has 0 atom stereocenters. The first-order valence-electron chi connectivity index (χ1n) is 5.99. The average Bonchev–Trinajstić information content (AvgIpc) is 2.30. The van der Waals surface area contributed by atoms with E-state index < -0.39 is 0 Å². The van der Waals surface area contributed by atoms with Gasteiger partial charge in [-0.1, -0.05) is 18.5 Å². The maximum Gasteiger partial charge on any atom is 0.145 e. The number of methoxy groups -OCH3 is 1. The van der Waals surface area contributed by atoms with Crippen LogP contribution in [0.15, 0.2) is 12.1 Å². The van der Waals surface area contributed by atoms with Crippen LogP contribution in [-0.4, -0.2) is 20.2 Å². The van der Waals surface area contributed by atoms with Crippen LogP contribution in [0.5, 0.6) is 5.75 Å². The van der Waals surface area contributed by atoms with Gasteiger partial charge >= 0.3 is 0 Å². The van der Waals surface area contributed by atoms with Crippen LogP contribution < -0.4 is 15.4 Å². The molecule has 1 saturated heterocycles. The number of hydrogen-bond donors (Lipinski definition) is 1. The third-order valence-corrected chi connectivity index (χ3v) is 3.66. The van der Waals surface area contributed by atoms with Crippen molar-refractivity contribution in [2.75, 3.05) is 30.8 Å². The van der Waals surface area contributed by atoms with Crippen LogP contribution in [0.4, 0.5) is 11.4 Å². The first-order valence-corrected chi connectivity index (χ1v) is 6.37. The molecule has 17 heavy (non-hydrogen) atoms. The van der Waals surface area contributed by atoms with E-state index >= 15 is 0 Å². The molecule has 0 saturated carbocycles. The number of anilines is 2. The van der Waals surface area contributed by atoms with E-state index in [4.69, 9.17) is 22.1 Å². The van der Waals surface area contributed by atoms with Crippen molar-refractivity contribution in [2.24, 2.45) is 5.92 Å². The van der Waals surface area contributed by atoms with E-state index in [-0.39, 0.29) is 0 Å². The van der Waals surface area contributed by atoms with Crippen molar-refractivity contribution >= 4 is 23.0 Å². The highest BCUT2D eigenvalue weighted by atomic mass is 35.5. The largest absolute Gasteiger partial charge is 0.494 e. The highest BCUT2D eigenvalue weighted by Crippen LogP contribution is 2.39. The molecule has 0 aliphatic carbocycles. The van der Waals surface area contributed by atoms with Crippen molar-refractivity contribution in [3.8, 4) is 5.75 Å². The fourth-order valence-corrected chi connectivity index (χ4v) is 2.63. The number of ether oxygens (including phenoxy) is 1. The first kappa shape index (κ1) is 12.4. The van der Waals surface area contributed by atoms with E-state index in [9.17, 15) is 0 Å². The van der Waals surface area contributed by atoms with Gasteiger partial charge in [-0.15, -0.1) is 0 Å². The number of benzene rings is 1. The summed E-state index contributed by atoms with van der Waals surface area (Å²) in [5.41, 5.74) is 7.39. The molecule has 0 spiro atoms. The lowest BCUT2D eigenvalue weighted by Gasteiger charge is -2.33. The van der Waals surface area contributed by atoms with Gasteiger partial charge in [0.2, 0.25) is 0 Å². The third-order valence-electron chi connectivity index (χ3n) is 3.37. The second-order valence-electron chi connectivity index (χ2n) is 4.72. The van der Waals surface area contributed by atoms with Gasteiger partial charge in [-0.05, 0) is 24.8 Å². The van der Waals surface area contributed by atoms with Gasteiger partial charge in [0.25, 0.3) is 0 Å². The predicted molar refractivity (Wildman–Crippen MR) is 73.0 cm³/mol. The summed E-state index contributed by atoms with van der Waals surface area (Å²) in [6.45, 7) is 4.35. The molecular weight excluding hydrogens is 236 g/mol. The monoisotopic (exact) mass is 254 g/mol. The summed E-state index contributed by atoms with van der Waals surface area (Å²) < 4.78 is 5.38. The number of nitrogen functional groups attached to an aromatic ring is 1. The van der Waals surface area contributed by atoms with Crippen molar-refractivity contribution < 1.29 is 4.74 Å². The maximum absolute atomic E-state index is 6.28. The molecule has 1 aliphatic heterocycles. The summed E-state index contributed by atoms with van der Waals surface area (Å²) in [5.74, 6) is 1.56. The van der Waals surface area contributed by atoms with Gasteiger partial charge in [-0.3, -0.25) is 0 Å². The molecule has 94 valence electrons. The molecule has 0 radical (unpaired) electrons. The summed E-state index contributed by atoms with van der Waals surface area (Å²) >= 11 is 6.28. The molecule has 1 aromatic rings. The second-order valence-corrected chi connectivity index (χ2v) is 5.13. The molecule has 1 aromatic carbocycles. The van der Waals surface area contributed by atoms with Gasteiger partial charge in [0.15, 0.2) is 0 Å². The van der Waals surface area contributed by atoms with Gasteiger partial charge in [0.1, 0.15) is 5.75 Å².